The van der Waals surface area contributed by atoms with Crippen molar-refractivity contribution in [3.05, 3.63) is 29.8 Å². The third-order valence-corrected chi connectivity index (χ3v) is 3.43. The summed E-state index contributed by atoms with van der Waals surface area (Å²) in [7, 11) is 4.89. The highest BCUT2D eigenvalue weighted by Crippen LogP contribution is 2.18. The molecule has 0 bridgehead atoms. The van der Waals surface area contributed by atoms with Crippen LogP contribution in [0, 0.1) is 0 Å². The molecule has 0 radical (unpaired) electrons. The molecule has 0 aliphatic rings. The van der Waals surface area contributed by atoms with Crippen LogP contribution in [0.3, 0.4) is 0 Å². The number of hydrogen-bond donors (Lipinski definition) is 1. The number of rotatable bonds is 7. The molecule has 0 spiro atoms. The molecule has 0 saturated carbocycles. The number of amides is 1. The lowest BCUT2D eigenvalue weighted by atomic mass is 10.2. The summed E-state index contributed by atoms with van der Waals surface area (Å²) in [6, 6.07) is 6.79. The van der Waals surface area contributed by atoms with Gasteiger partial charge in [-0.15, -0.1) is 0 Å². The van der Waals surface area contributed by atoms with E-state index in [-0.39, 0.29) is 12.5 Å². The first-order chi connectivity index (χ1) is 9.86. The highest BCUT2D eigenvalue weighted by atomic mass is 16.5. The molecule has 21 heavy (non-hydrogen) atoms. The van der Waals surface area contributed by atoms with Gasteiger partial charge in [0.25, 0.3) is 0 Å². The van der Waals surface area contributed by atoms with E-state index in [0.717, 1.165) is 11.3 Å². The molecule has 0 fully saturated rings. The largest absolute Gasteiger partial charge is 0.496 e. The van der Waals surface area contributed by atoms with Crippen LogP contribution in [-0.4, -0.2) is 60.6 Å². The maximum Gasteiger partial charge on any atom is 0.320 e. The summed E-state index contributed by atoms with van der Waals surface area (Å²) in [6.45, 7) is 2.02. The average Bonchev–Trinajstić information content (AvgIpc) is 2.46. The van der Waals surface area contributed by atoms with Crippen molar-refractivity contribution >= 4 is 11.9 Å². The van der Waals surface area contributed by atoms with Gasteiger partial charge in [-0.25, -0.2) is 0 Å². The predicted octanol–water partition coefficient (Wildman–Crippen LogP) is 1.06. The molecule has 1 rings (SSSR count). The Morgan fingerprint density at radius 2 is 1.90 bits per heavy atom. The number of carboxylic acid groups (broad SMARTS) is 1. The molecule has 1 unspecified atom stereocenters. The van der Waals surface area contributed by atoms with Gasteiger partial charge < -0.3 is 14.7 Å². The molecule has 116 valence electrons. The highest BCUT2D eigenvalue weighted by Gasteiger charge is 2.21. The van der Waals surface area contributed by atoms with Crippen LogP contribution in [0.2, 0.25) is 0 Å². The average molecular weight is 294 g/mol. The number of carbonyl (C=O) groups excluding carboxylic acids is 1. The van der Waals surface area contributed by atoms with Crippen LogP contribution >= 0.6 is 0 Å². The summed E-state index contributed by atoms with van der Waals surface area (Å²) in [4.78, 5) is 26.1. The van der Waals surface area contributed by atoms with Crippen molar-refractivity contribution in [2.45, 2.75) is 19.5 Å². The minimum absolute atomic E-state index is 0.0547. The number of hydrogen-bond acceptors (Lipinski definition) is 4. The van der Waals surface area contributed by atoms with Gasteiger partial charge >= 0.3 is 5.97 Å². The van der Waals surface area contributed by atoms with Crippen molar-refractivity contribution < 1.29 is 19.4 Å². The second-order valence-electron chi connectivity index (χ2n) is 4.99. The Labute approximate surface area is 124 Å². The van der Waals surface area contributed by atoms with Gasteiger partial charge in [0.05, 0.1) is 13.7 Å². The van der Waals surface area contributed by atoms with E-state index in [2.05, 4.69) is 0 Å². The van der Waals surface area contributed by atoms with Gasteiger partial charge in [-0.2, -0.15) is 0 Å². The van der Waals surface area contributed by atoms with E-state index in [1.54, 1.807) is 33.0 Å². The van der Waals surface area contributed by atoms with Crippen molar-refractivity contribution in [2.75, 3.05) is 27.7 Å². The monoisotopic (exact) mass is 294 g/mol. The van der Waals surface area contributed by atoms with Gasteiger partial charge in [-0.3, -0.25) is 14.5 Å². The zero-order chi connectivity index (χ0) is 16.0. The zero-order valence-electron chi connectivity index (χ0n) is 12.9. The van der Waals surface area contributed by atoms with Crippen LogP contribution in [0.15, 0.2) is 24.3 Å². The highest BCUT2D eigenvalue weighted by molar-refractivity contribution is 5.79. The molecular formula is C15H22N2O4. The number of carbonyl (C=O) groups is 2. The Bertz CT molecular complexity index is 504. The van der Waals surface area contributed by atoms with Crippen LogP contribution < -0.4 is 4.74 Å². The number of nitrogens with zero attached hydrogens (tertiary/aromatic N) is 2. The Morgan fingerprint density at radius 3 is 2.48 bits per heavy atom. The molecular weight excluding hydrogens is 272 g/mol. The summed E-state index contributed by atoms with van der Waals surface area (Å²) in [5, 5.41) is 8.92. The number of para-hydroxylation sites is 1. The predicted molar refractivity (Wildman–Crippen MR) is 79.2 cm³/mol. The molecule has 1 aromatic rings. The van der Waals surface area contributed by atoms with E-state index in [1.165, 1.54) is 4.90 Å². The molecule has 1 amide bonds. The second-order valence-corrected chi connectivity index (χ2v) is 4.99. The standard InChI is InChI=1S/C15H22N2O4/c1-11(15(19)20)16(2)10-14(18)17(3)9-12-7-5-6-8-13(12)21-4/h5-8,11H,9-10H2,1-4H3,(H,19,20). The molecule has 1 atom stereocenters. The lowest BCUT2D eigenvalue weighted by Gasteiger charge is -2.24. The van der Waals surface area contributed by atoms with Crippen LogP contribution in [0.5, 0.6) is 5.75 Å². The minimum atomic E-state index is -0.947. The van der Waals surface area contributed by atoms with Gasteiger partial charge in [0.15, 0.2) is 0 Å². The third kappa shape index (κ3) is 4.75. The van der Waals surface area contributed by atoms with Crippen LogP contribution in [0.25, 0.3) is 0 Å². The number of aliphatic carboxylic acids is 1. The van der Waals surface area contributed by atoms with E-state index in [1.807, 2.05) is 24.3 Å². The Balaban J connectivity index is 2.65. The van der Waals surface area contributed by atoms with Crippen LogP contribution in [0.1, 0.15) is 12.5 Å². The summed E-state index contributed by atoms with van der Waals surface area (Å²) >= 11 is 0. The van der Waals surface area contributed by atoms with E-state index >= 15 is 0 Å². The second kappa shape index (κ2) is 7.64. The number of likely N-dealkylation sites (N-methyl/N-ethyl adjacent to an activating group) is 2. The molecule has 0 saturated heterocycles. The van der Waals surface area contributed by atoms with Crippen molar-refractivity contribution in [1.82, 2.24) is 9.80 Å². The van der Waals surface area contributed by atoms with Crippen molar-refractivity contribution in [3.8, 4) is 5.75 Å². The Morgan fingerprint density at radius 1 is 1.29 bits per heavy atom. The lowest BCUT2D eigenvalue weighted by molar-refractivity contribution is -0.143. The van der Waals surface area contributed by atoms with Gasteiger partial charge in [0, 0.05) is 19.2 Å². The van der Waals surface area contributed by atoms with Gasteiger partial charge in [-0.05, 0) is 20.0 Å². The molecule has 0 aliphatic heterocycles. The van der Waals surface area contributed by atoms with Crippen molar-refractivity contribution in [2.24, 2.45) is 0 Å². The van der Waals surface area contributed by atoms with E-state index in [9.17, 15) is 9.59 Å². The first-order valence-electron chi connectivity index (χ1n) is 6.65. The topological polar surface area (TPSA) is 70.1 Å². The number of benzene rings is 1. The summed E-state index contributed by atoms with van der Waals surface area (Å²) < 4.78 is 5.25. The fraction of sp³-hybridized carbons (Fsp3) is 0.467. The summed E-state index contributed by atoms with van der Waals surface area (Å²) in [6.07, 6.45) is 0. The molecule has 1 aromatic carbocycles. The van der Waals surface area contributed by atoms with Gasteiger partial charge in [-0.1, -0.05) is 18.2 Å². The number of carboxylic acids is 1. The third-order valence-electron chi connectivity index (χ3n) is 3.43. The van der Waals surface area contributed by atoms with Crippen LogP contribution in [-0.2, 0) is 16.1 Å². The van der Waals surface area contributed by atoms with E-state index < -0.39 is 12.0 Å². The van der Waals surface area contributed by atoms with Gasteiger partial charge in [0.1, 0.15) is 11.8 Å². The first kappa shape index (κ1) is 17.0. The molecule has 0 aromatic heterocycles. The molecule has 6 nitrogen and oxygen atoms in total. The SMILES string of the molecule is COc1ccccc1CN(C)C(=O)CN(C)C(C)C(=O)O. The number of methoxy groups -OCH3 is 1. The molecule has 6 heteroatoms. The minimum Gasteiger partial charge on any atom is -0.496 e. The molecule has 0 heterocycles. The van der Waals surface area contributed by atoms with Crippen molar-refractivity contribution in [3.63, 3.8) is 0 Å². The van der Waals surface area contributed by atoms with Crippen molar-refractivity contribution in [1.29, 1.82) is 0 Å². The summed E-state index contributed by atoms with van der Waals surface area (Å²) in [5.74, 6) is -0.362. The van der Waals surface area contributed by atoms with E-state index in [4.69, 9.17) is 9.84 Å². The zero-order valence-corrected chi connectivity index (χ0v) is 12.9. The fourth-order valence-electron chi connectivity index (χ4n) is 1.84. The summed E-state index contributed by atoms with van der Waals surface area (Å²) in [5.41, 5.74) is 0.907. The number of ether oxygens (including phenoxy) is 1. The molecule has 0 aliphatic carbocycles. The fourth-order valence-corrected chi connectivity index (χ4v) is 1.84. The quantitative estimate of drug-likeness (QED) is 0.814. The van der Waals surface area contributed by atoms with Crippen LogP contribution in [0.4, 0.5) is 0 Å². The maximum absolute atomic E-state index is 12.1. The lowest BCUT2D eigenvalue weighted by Crippen LogP contribution is -2.43. The maximum atomic E-state index is 12.1. The Kier molecular flexibility index (Phi) is 6.17. The van der Waals surface area contributed by atoms with Gasteiger partial charge in [0.2, 0.25) is 5.91 Å². The smallest absolute Gasteiger partial charge is 0.320 e. The first-order valence-corrected chi connectivity index (χ1v) is 6.65. The molecule has 1 N–H and O–H groups in total. The normalized spacial score (nSPS) is 12.0. The van der Waals surface area contributed by atoms with E-state index in [0.29, 0.717) is 6.54 Å². The Hall–Kier alpha value is -2.08.